The highest BCUT2D eigenvalue weighted by Gasteiger charge is 3.02. The maximum atomic E-state index is 14.1. The molecule has 0 spiro atoms. The third-order valence-electron chi connectivity index (χ3n) is 7.82. The number of rotatable bonds is 22. The Morgan fingerprint density at radius 2 is 0.453 bits per heavy atom. The molecule has 0 rings (SSSR count). The summed E-state index contributed by atoms with van der Waals surface area (Å²) in [5, 5.41) is 0. The second kappa shape index (κ2) is 16.0. The zero-order valence-electron chi connectivity index (χ0n) is 28.0. The summed E-state index contributed by atoms with van der Waals surface area (Å²) in [6.07, 6.45) is -13.1. The highest BCUT2D eigenvalue weighted by Crippen LogP contribution is 2.70. The van der Waals surface area contributed by atoms with Crippen LogP contribution in [0.1, 0.15) is 6.42 Å². The molecule has 0 bridgehead atoms. The van der Waals surface area contributed by atoms with Gasteiger partial charge in [0.25, 0.3) is 0 Å². The average molecular weight is 1090 g/mol. The van der Waals surface area contributed by atoms with Crippen LogP contribution in [0.5, 0.6) is 0 Å². The van der Waals surface area contributed by atoms with Gasteiger partial charge in [-0.2, -0.15) is 174 Å². The molecule has 64 heavy (non-hydrogen) atoms. The van der Waals surface area contributed by atoms with Crippen molar-refractivity contribution in [2.45, 2.75) is 113 Å². The lowest BCUT2D eigenvalue weighted by atomic mass is 9.82. The Bertz CT molecular complexity index is 1710. The average Bonchev–Trinajstić information content (AvgIpc) is 3.05. The van der Waals surface area contributed by atoms with Crippen LogP contribution in [0.3, 0.4) is 0 Å². The van der Waals surface area contributed by atoms with Crippen LogP contribution in [0.4, 0.5) is 162 Å². The summed E-state index contributed by atoms with van der Waals surface area (Å²) in [7, 11) is -5.12. The van der Waals surface area contributed by atoms with Crippen molar-refractivity contribution in [3.63, 3.8) is 0 Å². The Kier molecular flexibility index (Phi) is 15.5. The number of hydrogen-bond acceptors (Lipinski definition) is 2. The maximum absolute atomic E-state index is 14.1. The third kappa shape index (κ3) is 8.03. The summed E-state index contributed by atoms with van der Waals surface area (Å²) in [5.74, 6) is -169. The van der Waals surface area contributed by atoms with Crippen LogP contribution < -0.4 is 0 Å². The fourth-order valence-electron chi connectivity index (χ4n) is 3.81. The van der Waals surface area contributed by atoms with E-state index >= 15 is 0 Å². The van der Waals surface area contributed by atoms with Crippen LogP contribution in [0, 0.1) is 0 Å². The topological polar surface area (TPSA) is 57.5 Å². The lowest BCUT2D eigenvalue weighted by Crippen LogP contribution is -2.80. The fraction of sp³-hybridized carbons (Fsp3) is 1.00. The smallest absolute Gasteiger partial charge is 0.324 e. The lowest BCUT2D eigenvalue weighted by Gasteiger charge is -2.47. The van der Waals surface area contributed by atoms with Gasteiger partial charge in [-0.1, -0.05) is 0 Å². The van der Waals surface area contributed by atoms with Crippen LogP contribution >= 0.6 is 19.4 Å². The van der Waals surface area contributed by atoms with E-state index < -0.39 is 150 Å². The van der Waals surface area contributed by atoms with Gasteiger partial charge in [0.2, 0.25) is 0 Å². The van der Waals surface area contributed by atoms with Gasteiger partial charge in [-0.05, 0) is 5.75 Å². The third-order valence-corrected chi connectivity index (χ3v) is 9.91. The zero-order valence-corrected chi connectivity index (χ0v) is 29.7. The molecule has 0 atom stereocenters. The second-order valence-corrected chi connectivity index (χ2v) is 15.1. The molecular formula is C22H10F37O3PS. The number of halogens is 37. The first kappa shape index (κ1) is 61.9. The molecule has 0 aliphatic carbocycles. The summed E-state index contributed by atoms with van der Waals surface area (Å²) in [4.78, 5) is 17.0. The highest BCUT2D eigenvalue weighted by molar-refractivity contribution is 7.99. The maximum Gasteiger partial charge on any atom is 0.460 e. The van der Waals surface area contributed by atoms with Gasteiger partial charge in [0.05, 0.1) is 6.16 Å². The molecule has 0 aromatic rings. The van der Waals surface area contributed by atoms with Crippen molar-refractivity contribution < 1.29 is 177 Å². The Balaban J connectivity index is 7.63. The molecule has 0 saturated carbocycles. The molecule has 0 saturated heterocycles. The molecule has 42 heteroatoms. The minimum Gasteiger partial charge on any atom is -0.324 e. The molecule has 0 aliphatic heterocycles. The van der Waals surface area contributed by atoms with Gasteiger partial charge in [0.15, 0.2) is 0 Å². The highest BCUT2D eigenvalue weighted by atomic mass is 32.2. The van der Waals surface area contributed by atoms with Gasteiger partial charge in [-0.15, -0.1) is 0 Å². The van der Waals surface area contributed by atoms with Crippen LogP contribution in [0.2, 0.25) is 0 Å². The van der Waals surface area contributed by atoms with E-state index in [1.54, 1.807) is 0 Å². The van der Waals surface area contributed by atoms with E-state index in [4.69, 9.17) is 9.79 Å². The quantitative estimate of drug-likeness (QED) is 0.0644. The van der Waals surface area contributed by atoms with Crippen LogP contribution in [0.25, 0.3) is 0 Å². The molecule has 0 amide bonds. The molecule has 0 fully saturated rings. The fourth-order valence-corrected chi connectivity index (χ4v) is 5.88. The Morgan fingerprint density at radius 1 is 0.281 bits per heavy atom. The zero-order chi connectivity index (χ0) is 53.0. The molecule has 2 N–H and O–H groups in total. The van der Waals surface area contributed by atoms with Gasteiger partial charge >= 0.3 is 114 Å². The number of hydrogen-bond donors (Lipinski definition) is 2. The molecule has 386 valence electrons. The Morgan fingerprint density at radius 3 is 0.625 bits per heavy atom. The molecule has 0 radical (unpaired) electrons. The summed E-state index contributed by atoms with van der Waals surface area (Å²) in [6, 6.07) is 0. The minimum absolute atomic E-state index is 0.458. The second-order valence-electron chi connectivity index (χ2n) is 12.1. The van der Waals surface area contributed by atoms with Crippen molar-refractivity contribution in [3.05, 3.63) is 0 Å². The molecule has 3 nitrogen and oxygen atoms in total. The number of thioether (sulfide) groups is 1. The summed E-state index contributed by atoms with van der Waals surface area (Å²) >= 11 is -0.458. The van der Waals surface area contributed by atoms with Gasteiger partial charge in [-0.3, -0.25) is 4.57 Å². The monoisotopic (exact) mass is 1090 g/mol. The standard InChI is InChI=1S/C22H10F37O3PS/c23-5(24,1-3-64-4-2-63(60,61)62)6(25,26)7(27,28)8(29,30)9(31,32)10(33,34)11(35,36)12(37,38)13(39,40)14(41,42)15(43,44)16(45,46)17(47,48)18(49,50)19(51,52)20(53,54)21(55,56)22(57,58)59/h1-4H2,(H2,60,61,62). The molecule has 0 aromatic carbocycles. The van der Waals surface area contributed by atoms with E-state index in [1.165, 1.54) is 0 Å². The van der Waals surface area contributed by atoms with Gasteiger partial charge in [-0.25, -0.2) is 0 Å². The van der Waals surface area contributed by atoms with Crippen LogP contribution in [-0.4, -0.2) is 134 Å². The largest absolute Gasteiger partial charge is 0.460 e. The van der Waals surface area contributed by atoms with E-state index in [1.807, 2.05) is 0 Å². The predicted molar refractivity (Wildman–Crippen MR) is 129 cm³/mol. The van der Waals surface area contributed by atoms with Crippen molar-refractivity contribution in [3.8, 4) is 0 Å². The minimum atomic E-state index is -10.5. The van der Waals surface area contributed by atoms with Crippen molar-refractivity contribution in [2.24, 2.45) is 0 Å². The molecule has 0 aliphatic rings. The first-order valence-electron chi connectivity index (χ1n) is 14.1. The van der Waals surface area contributed by atoms with E-state index in [9.17, 15) is 167 Å². The lowest BCUT2D eigenvalue weighted by molar-refractivity contribution is -0.493. The number of alkyl halides is 37. The van der Waals surface area contributed by atoms with Crippen LogP contribution in [-0.2, 0) is 4.57 Å². The Labute approximate surface area is 328 Å². The molecule has 0 aromatic heterocycles. The first-order valence-corrected chi connectivity index (χ1v) is 17.0. The van der Waals surface area contributed by atoms with Crippen LogP contribution in [0.15, 0.2) is 0 Å². The van der Waals surface area contributed by atoms with Crippen molar-refractivity contribution in [1.29, 1.82) is 0 Å². The first-order chi connectivity index (χ1) is 27.0. The van der Waals surface area contributed by atoms with Crippen molar-refractivity contribution >= 4 is 19.4 Å². The van der Waals surface area contributed by atoms with Crippen molar-refractivity contribution in [1.82, 2.24) is 0 Å². The molecule has 0 unspecified atom stereocenters. The summed E-state index contributed by atoms with van der Waals surface area (Å²) in [5.41, 5.74) is 0. The molecule has 0 heterocycles. The van der Waals surface area contributed by atoms with Gasteiger partial charge in [0, 0.05) is 12.2 Å². The molecular weight excluding hydrogens is 1080 g/mol. The van der Waals surface area contributed by atoms with Gasteiger partial charge in [0.1, 0.15) is 0 Å². The Hall–Kier alpha value is -2.09. The van der Waals surface area contributed by atoms with Crippen molar-refractivity contribution in [2.75, 3.05) is 17.7 Å². The van der Waals surface area contributed by atoms with E-state index in [-0.39, 0.29) is 0 Å². The van der Waals surface area contributed by atoms with E-state index in [0.717, 1.165) is 0 Å². The SMILES string of the molecule is O=P(O)(O)CCSCCC(F)(F)C(F)(F)C(F)(F)C(F)(F)C(F)(F)C(F)(F)C(F)(F)C(F)(F)C(F)(F)C(F)(F)C(F)(F)C(F)(F)C(F)(F)C(F)(F)C(F)(F)C(F)(F)C(F)(F)C(F)(F)F. The predicted octanol–water partition coefficient (Wildman–Crippen LogP) is 12.6. The summed E-state index contributed by atoms with van der Waals surface area (Å²) in [6.45, 7) is 0. The van der Waals surface area contributed by atoms with Gasteiger partial charge < -0.3 is 9.79 Å². The van der Waals surface area contributed by atoms with E-state index in [2.05, 4.69) is 0 Å². The normalized spacial score (nSPS) is 17.0. The van der Waals surface area contributed by atoms with E-state index in [0.29, 0.717) is 0 Å². The summed E-state index contributed by atoms with van der Waals surface area (Å²) < 4.78 is 517.